The van der Waals surface area contributed by atoms with Crippen molar-refractivity contribution in [3.8, 4) is 0 Å². The van der Waals surface area contributed by atoms with Crippen molar-refractivity contribution in [1.82, 2.24) is 5.43 Å². The Morgan fingerprint density at radius 3 is 2.43 bits per heavy atom. The molecule has 1 saturated carbocycles. The van der Waals surface area contributed by atoms with Crippen molar-refractivity contribution in [3.63, 3.8) is 0 Å². The molecule has 0 heterocycles. The lowest BCUT2D eigenvalue weighted by atomic mass is 10.1. The van der Waals surface area contributed by atoms with Crippen LogP contribution in [0, 0.1) is 27.4 Å². The highest BCUT2D eigenvalue weighted by molar-refractivity contribution is 5.86. The number of nitro groups is 1. The highest BCUT2D eigenvalue weighted by Crippen LogP contribution is 2.59. The normalized spacial score (nSPS) is 21.7. The molecule has 1 aliphatic rings. The monoisotopic (exact) mass is 315 g/mol. The van der Waals surface area contributed by atoms with Gasteiger partial charge in [0.15, 0.2) is 0 Å². The van der Waals surface area contributed by atoms with Crippen molar-refractivity contribution in [2.24, 2.45) is 22.4 Å². The second-order valence-electron chi connectivity index (χ2n) is 6.65. The smallest absolute Gasteiger partial charge is 0.269 e. The van der Waals surface area contributed by atoms with Crippen LogP contribution in [0.15, 0.2) is 41.0 Å². The molecule has 0 aliphatic heterocycles. The van der Waals surface area contributed by atoms with Gasteiger partial charge in [0, 0.05) is 12.1 Å². The number of nitrogens with one attached hydrogen (secondary N) is 1. The Kier molecular flexibility index (Phi) is 4.63. The number of nitro benzene ring substituents is 1. The molecule has 1 aromatic rings. The molecule has 1 aliphatic carbocycles. The molecular formula is C17H21N3O3. The second kappa shape index (κ2) is 6.32. The van der Waals surface area contributed by atoms with Crippen LogP contribution in [-0.2, 0) is 4.79 Å². The van der Waals surface area contributed by atoms with Crippen LogP contribution < -0.4 is 5.43 Å². The molecule has 1 aromatic carbocycles. The first-order chi connectivity index (χ1) is 10.7. The lowest BCUT2D eigenvalue weighted by Gasteiger charge is -2.00. The predicted molar refractivity (Wildman–Crippen MR) is 89.0 cm³/mol. The first-order valence-electron chi connectivity index (χ1n) is 7.46. The summed E-state index contributed by atoms with van der Waals surface area (Å²) in [4.78, 5) is 22.3. The number of hydrazone groups is 1. The fourth-order valence-corrected chi connectivity index (χ4v) is 2.77. The molecule has 0 spiro atoms. The molecular weight excluding hydrogens is 294 g/mol. The zero-order chi connectivity index (χ0) is 17.2. The number of hydrogen-bond donors (Lipinski definition) is 1. The minimum atomic E-state index is -0.457. The van der Waals surface area contributed by atoms with Crippen LogP contribution in [0.2, 0.25) is 0 Å². The van der Waals surface area contributed by atoms with E-state index in [2.05, 4.69) is 30.5 Å². The van der Waals surface area contributed by atoms with E-state index in [1.54, 1.807) is 12.1 Å². The lowest BCUT2D eigenvalue weighted by molar-refractivity contribution is -0.384. The molecule has 0 bridgehead atoms. The van der Waals surface area contributed by atoms with E-state index in [9.17, 15) is 14.9 Å². The molecule has 0 aromatic heterocycles. The van der Waals surface area contributed by atoms with Crippen LogP contribution >= 0.6 is 0 Å². The molecule has 6 nitrogen and oxygen atoms in total. The number of nitrogens with zero attached hydrogens (tertiary/aromatic N) is 2. The maximum absolute atomic E-state index is 12.2. The SMILES string of the molecule is CC(C)=C[C@@H]1[C@H](C(=O)N/N=C\c2ccc([N+](=O)[O-])cc2)C1(C)C. The van der Waals surface area contributed by atoms with Gasteiger partial charge < -0.3 is 0 Å². The highest BCUT2D eigenvalue weighted by Gasteiger charge is 2.60. The summed E-state index contributed by atoms with van der Waals surface area (Å²) in [5, 5.41) is 14.5. The standard InChI is InChI=1S/C17H21N3O3/c1-11(2)9-14-15(17(14,3)4)16(21)19-18-10-12-5-7-13(8-6-12)20(22)23/h5-10,14-15H,1-4H3,(H,19,21)/b18-10-/t14-,15-/m1/s1. The van der Waals surface area contributed by atoms with Gasteiger partial charge in [0.2, 0.25) is 5.91 Å². The van der Waals surface area contributed by atoms with Crippen LogP contribution in [0.4, 0.5) is 5.69 Å². The van der Waals surface area contributed by atoms with Crippen LogP contribution in [0.1, 0.15) is 33.3 Å². The lowest BCUT2D eigenvalue weighted by Crippen LogP contribution is -2.21. The molecule has 2 atom stereocenters. The Morgan fingerprint density at radius 1 is 1.30 bits per heavy atom. The number of rotatable bonds is 5. The number of non-ortho nitro benzene ring substituents is 1. The van der Waals surface area contributed by atoms with Gasteiger partial charge in [0.1, 0.15) is 0 Å². The van der Waals surface area contributed by atoms with Gasteiger partial charge in [-0.15, -0.1) is 0 Å². The van der Waals surface area contributed by atoms with Crippen molar-refractivity contribution < 1.29 is 9.72 Å². The Balaban J connectivity index is 1.94. The summed E-state index contributed by atoms with van der Waals surface area (Å²) in [6, 6.07) is 5.97. The molecule has 0 radical (unpaired) electrons. The third-order valence-corrected chi connectivity index (χ3v) is 4.20. The quantitative estimate of drug-likeness (QED) is 0.391. The minimum Gasteiger partial charge on any atom is -0.273 e. The van der Waals surface area contributed by atoms with Gasteiger partial charge in [-0.1, -0.05) is 25.5 Å². The summed E-state index contributed by atoms with van der Waals surface area (Å²) in [5.41, 5.74) is 4.42. The summed E-state index contributed by atoms with van der Waals surface area (Å²) >= 11 is 0. The first kappa shape index (κ1) is 16.9. The molecule has 6 heteroatoms. The van der Waals surface area contributed by atoms with Crippen LogP contribution in [0.5, 0.6) is 0 Å². The molecule has 122 valence electrons. The largest absolute Gasteiger partial charge is 0.273 e. The summed E-state index contributed by atoms with van der Waals surface area (Å²) in [6.07, 6.45) is 3.61. The zero-order valence-electron chi connectivity index (χ0n) is 13.7. The third kappa shape index (κ3) is 3.83. The maximum atomic E-state index is 12.2. The van der Waals surface area contributed by atoms with E-state index in [1.807, 2.05) is 13.8 Å². The van der Waals surface area contributed by atoms with Gasteiger partial charge in [-0.3, -0.25) is 14.9 Å². The number of amides is 1. The van der Waals surface area contributed by atoms with E-state index in [0.29, 0.717) is 5.56 Å². The van der Waals surface area contributed by atoms with E-state index in [-0.39, 0.29) is 28.8 Å². The maximum Gasteiger partial charge on any atom is 0.269 e. The predicted octanol–water partition coefficient (Wildman–Crippen LogP) is 3.28. The third-order valence-electron chi connectivity index (χ3n) is 4.20. The number of carbonyl (C=O) groups is 1. The fourth-order valence-electron chi connectivity index (χ4n) is 2.77. The molecule has 23 heavy (non-hydrogen) atoms. The molecule has 0 unspecified atom stereocenters. The summed E-state index contributed by atoms with van der Waals surface area (Å²) in [6.45, 7) is 8.19. The summed E-state index contributed by atoms with van der Waals surface area (Å²) in [5.74, 6) is 0.0594. The number of benzene rings is 1. The van der Waals surface area contributed by atoms with Gasteiger partial charge in [0.05, 0.1) is 17.1 Å². The van der Waals surface area contributed by atoms with Gasteiger partial charge in [-0.05, 0) is 42.9 Å². The fraction of sp³-hybridized carbons (Fsp3) is 0.412. The van der Waals surface area contributed by atoms with Crippen molar-refractivity contribution in [2.75, 3.05) is 0 Å². The van der Waals surface area contributed by atoms with E-state index in [0.717, 1.165) is 0 Å². The Labute approximate surface area is 135 Å². The van der Waals surface area contributed by atoms with Crippen LogP contribution in [-0.4, -0.2) is 17.0 Å². The minimum absolute atomic E-state index is 0.0236. The molecule has 1 fully saturated rings. The average molecular weight is 315 g/mol. The van der Waals surface area contributed by atoms with Crippen LogP contribution in [0.3, 0.4) is 0 Å². The van der Waals surface area contributed by atoms with Gasteiger partial charge in [-0.2, -0.15) is 5.10 Å². The molecule has 0 saturated heterocycles. The van der Waals surface area contributed by atoms with Crippen molar-refractivity contribution >= 4 is 17.8 Å². The van der Waals surface area contributed by atoms with Gasteiger partial charge in [-0.25, -0.2) is 5.43 Å². The van der Waals surface area contributed by atoms with Crippen molar-refractivity contribution in [3.05, 3.63) is 51.6 Å². The van der Waals surface area contributed by atoms with Gasteiger partial charge >= 0.3 is 0 Å². The van der Waals surface area contributed by atoms with E-state index < -0.39 is 4.92 Å². The summed E-state index contributed by atoms with van der Waals surface area (Å²) in [7, 11) is 0. The van der Waals surface area contributed by atoms with Crippen molar-refractivity contribution in [1.29, 1.82) is 0 Å². The Hall–Kier alpha value is -2.50. The molecule has 1 amide bonds. The highest BCUT2D eigenvalue weighted by atomic mass is 16.6. The average Bonchev–Trinajstić information content (AvgIpc) is 2.99. The number of hydrogen-bond acceptors (Lipinski definition) is 4. The van der Waals surface area contributed by atoms with E-state index in [4.69, 9.17) is 0 Å². The second-order valence-corrected chi connectivity index (χ2v) is 6.65. The van der Waals surface area contributed by atoms with Crippen LogP contribution in [0.25, 0.3) is 0 Å². The Bertz CT molecular complexity index is 671. The van der Waals surface area contributed by atoms with Gasteiger partial charge in [0.25, 0.3) is 5.69 Å². The first-order valence-corrected chi connectivity index (χ1v) is 7.46. The van der Waals surface area contributed by atoms with E-state index >= 15 is 0 Å². The number of allylic oxidation sites excluding steroid dienone is 2. The molecule has 2 rings (SSSR count). The Morgan fingerprint density at radius 2 is 1.91 bits per heavy atom. The van der Waals surface area contributed by atoms with Crippen molar-refractivity contribution in [2.45, 2.75) is 27.7 Å². The summed E-state index contributed by atoms with van der Waals surface area (Å²) < 4.78 is 0. The van der Waals surface area contributed by atoms with E-state index in [1.165, 1.54) is 23.9 Å². The zero-order valence-corrected chi connectivity index (χ0v) is 13.7. The molecule has 1 N–H and O–H groups in total. The number of carbonyl (C=O) groups excluding carboxylic acids is 1. The topological polar surface area (TPSA) is 84.6 Å².